The number of carbonyl (C=O) groups excluding carboxylic acids is 3. The lowest BCUT2D eigenvalue weighted by Crippen LogP contribution is -2.40. The van der Waals surface area contributed by atoms with Crippen LogP contribution in [0, 0.1) is 5.92 Å². The molecule has 0 bridgehead atoms. The molecule has 0 saturated heterocycles. The maximum absolute atomic E-state index is 12.7. The van der Waals surface area contributed by atoms with Crippen LogP contribution in [0.2, 0.25) is 0 Å². The smallest absolute Gasteiger partial charge is 0.306 e. The minimum absolute atomic E-state index is 0.0282. The number of nitrogens with one attached hydrogen (secondary N) is 2. The molecule has 0 fully saturated rings. The molecule has 1 aromatic carbocycles. The second-order valence-corrected chi connectivity index (χ2v) is 7.39. The van der Waals surface area contributed by atoms with Gasteiger partial charge in [-0.25, -0.2) is 0 Å². The zero-order valence-electron chi connectivity index (χ0n) is 18.2. The van der Waals surface area contributed by atoms with Gasteiger partial charge < -0.3 is 20.5 Å². The molecule has 0 aromatic heterocycles. The van der Waals surface area contributed by atoms with Gasteiger partial charge in [0.1, 0.15) is 6.10 Å². The third kappa shape index (κ3) is 10.6. The summed E-state index contributed by atoms with van der Waals surface area (Å²) in [6, 6.07) is 8.81. The predicted octanol–water partition coefficient (Wildman–Crippen LogP) is 2.82. The first kappa shape index (κ1) is 26.1. The molecular formula is C24H34N2O5. The number of unbranched alkanes of at least 4 members (excludes halogenated alkanes) is 1. The molecule has 1 rings (SSSR count). The van der Waals surface area contributed by atoms with E-state index in [0.717, 1.165) is 12.0 Å². The second kappa shape index (κ2) is 15.0. The number of carbonyl (C=O) groups is 3. The highest BCUT2D eigenvalue weighted by Crippen LogP contribution is 2.19. The average molecular weight is 431 g/mol. The van der Waals surface area contributed by atoms with Crippen LogP contribution in [0.15, 0.2) is 55.6 Å². The third-order valence-electron chi connectivity index (χ3n) is 4.63. The zero-order chi connectivity index (χ0) is 23.1. The van der Waals surface area contributed by atoms with Crippen molar-refractivity contribution in [2.75, 3.05) is 13.2 Å². The van der Waals surface area contributed by atoms with Crippen LogP contribution in [0.4, 0.5) is 0 Å². The van der Waals surface area contributed by atoms with Crippen molar-refractivity contribution in [2.45, 2.75) is 51.2 Å². The van der Waals surface area contributed by atoms with E-state index < -0.39 is 12.0 Å². The van der Waals surface area contributed by atoms with E-state index in [1.165, 1.54) is 0 Å². The van der Waals surface area contributed by atoms with E-state index in [0.29, 0.717) is 12.8 Å². The summed E-state index contributed by atoms with van der Waals surface area (Å²) in [7, 11) is 0. The first-order valence-corrected chi connectivity index (χ1v) is 10.5. The summed E-state index contributed by atoms with van der Waals surface area (Å²) >= 11 is 0. The molecule has 31 heavy (non-hydrogen) atoms. The fourth-order valence-electron chi connectivity index (χ4n) is 2.93. The van der Waals surface area contributed by atoms with Gasteiger partial charge >= 0.3 is 5.97 Å². The number of hydrogen-bond donors (Lipinski definition) is 3. The standard InChI is InChI=1S/C24H34N2O5/c1-4-6-8-14-23(29)31-21(19-12-9-7-10-13-19)16-25-24(30)20(11-5-2)15-22(28)26-18(3)17-27/h4-5,7,9-10,12-13,18,20-21,27H,1-2,6,8,11,14-17H2,3H3,(H,25,30)(H,26,28)/t18-,20-,21-/m0/s1. The number of ether oxygens (including phenoxy) is 1. The van der Waals surface area contributed by atoms with Crippen LogP contribution in [0.25, 0.3) is 0 Å². The minimum atomic E-state index is -0.631. The molecular weight excluding hydrogens is 396 g/mol. The molecule has 3 N–H and O–H groups in total. The highest BCUT2D eigenvalue weighted by atomic mass is 16.5. The molecule has 0 unspecified atom stereocenters. The van der Waals surface area contributed by atoms with Crippen LogP contribution in [0.3, 0.4) is 0 Å². The number of amides is 2. The number of aliphatic hydroxyl groups is 1. The Kier molecular flexibility index (Phi) is 12.6. The number of rotatable bonds is 15. The number of hydrogen-bond acceptors (Lipinski definition) is 5. The van der Waals surface area contributed by atoms with Crippen molar-refractivity contribution in [1.82, 2.24) is 10.6 Å². The average Bonchev–Trinajstić information content (AvgIpc) is 2.76. The van der Waals surface area contributed by atoms with Crippen molar-refractivity contribution in [3.05, 3.63) is 61.2 Å². The summed E-state index contributed by atoms with van der Waals surface area (Å²) in [6.45, 7) is 8.89. The van der Waals surface area contributed by atoms with E-state index in [4.69, 9.17) is 9.84 Å². The summed E-state index contributed by atoms with van der Waals surface area (Å²) in [5.41, 5.74) is 0.773. The second-order valence-electron chi connectivity index (χ2n) is 7.39. The van der Waals surface area contributed by atoms with Crippen molar-refractivity contribution in [1.29, 1.82) is 0 Å². The molecule has 0 heterocycles. The minimum Gasteiger partial charge on any atom is -0.456 e. The number of benzene rings is 1. The molecule has 0 aliphatic carbocycles. The Balaban J connectivity index is 2.75. The quantitative estimate of drug-likeness (QED) is 0.225. The lowest BCUT2D eigenvalue weighted by atomic mass is 9.99. The van der Waals surface area contributed by atoms with Crippen molar-refractivity contribution in [3.8, 4) is 0 Å². The largest absolute Gasteiger partial charge is 0.456 e. The molecule has 2 amide bonds. The van der Waals surface area contributed by atoms with Gasteiger partial charge in [0.15, 0.2) is 0 Å². The summed E-state index contributed by atoms with van der Waals surface area (Å²) in [5, 5.41) is 14.5. The van der Waals surface area contributed by atoms with E-state index in [1.807, 2.05) is 30.3 Å². The van der Waals surface area contributed by atoms with Crippen molar-refractivity contribution in [2.24, 2.45) is 5.92 Å². The van der Waals surface area contributed by atoms with Crippen LogP contribution >= 0.6 is 0 Å². The topological polar surface area (TPSA) is 105 Å². The number of aliphatic hydroxyl groups excluding tert-OH is 1. The molecule has 0 aliphatic rings. The third-order valence-corrected chi connectivity index (χ3v) is 4.63. The van der Waals surface area contributed by atoms with Crippen LogP contribution < -0.4 is 10.6 Å². The Bertz CT molecular complexity index is 720. The summed E-state index contributed by atoms with van der Waals surface area (Å²) in [4.78, 5) is 37.0. The molecule has 170 valence electrons. The van der Waals surface area contributed by atoms with Gasteiger partial charge in [0.05, 0.1) is 19.1 Å². The maximum atomic E-state index is 12.7. The highest BCUT2D eigenvalue weighted by Gasteiger charge is 2.24. The predicted molar refractivity (Wildman–Crippen MR) is 120 cm³/mol. The summed E-state index contributed by atoms with van der Waals surface area (Å²) in [6.07, 6.45) is 4.64. The zero-order valence-corrected chi connectivity index (χ0v) is 18.2. The fourth-order valence-corrected chi connectivity index (χ4v) is 2.93. The van der Waals surface area contributed by atoms with E-state index in [-0.39, 0.29) is 49.8 Å². The molecule has 0 saturated carbocycles. The molecule has 1 aromatic rings. The van der Waals surface area contributed by atoms with Gasteiger partial charge in [0, 0.05) is 18.9 Å². The fraction of sp³-hybridized carbons (Fsp3) is 0.458. The first-order valence-electron chi connectivity index (χ1n) is 10.5. The van der Waals surface area contributed by atoms with Crippen molar-refractivity contribution < 1.29 is 24.2 Å². The van der Waals surface area contributed by atoms with E-state index in [2.05, 4.69) is 23.8 Å². The van der Waals surface area contributed by atoms with Gasteiger partial charge in [0.2, 0.25) is 11.8 Å². The summed E-state index contributed by atoms with van der Waals surface area (Å²) in [5.74, 6) is -1.60. The Morgan fingerprint density at radius 2 is 1.87 bits per heavy atom. The Hall–Kier alpha value is -2.93. The number of esters is 1. The van der Waals surface area contributed by atoms with E-state index in [1.54, 1.807) is 19.1 Å². The van der Waals surface area contributed by atoms with Gasteiger partial charge in [-0.05, 0) is 31.7 Å². The molecule has 0 radical (unpaired) electrons. The summed E-state index contributed by atoms with van der Waals surface area (Å²) < 4.78 is 5.61. The Labute approximate surface area is 184 Å². The van der Waals surface area contributed by atoms with Crippen molar-refractivity contribution >= 4 is 17.8 Å². The van der Waals surface area contributed by atoms with Crippen molar-refractivity contribution in [3.63, 3.8) is 0 Å². The normalized spacial score (nSPS) is 13.4. The Morgan fingerprint density at radius 1 is 1.16 bits per heavy atom. The molecule has 3 atom stereocenters. The number of allylic oxidation sites excluding steroid dienone is 2. The first-order chi connectivity index (χ1) is 14.9. The van der Waals surface area contributed by atoms with Crippen LogP contribution in [0.5, 0.6) is 0 Å². The van der Waals surface area contributed by atoms with Gasteiger partial charge in [-0.3, -0.25) is 14.4 Å². The van der Waals surface area contributed by atoms with Crippen LogP contribution in [0.1, 0.15) is 50.7 Å². The lowest BCUT2D eigenvalue weighted by Gasteiger charge is -2.21. The van der Waals surface area contributed by atoms with Gasteiger partial charge in [-0.2, -0.15) is 0 Å². The Morgan fingerprint density at radius 3 is 2.48 bits per heavy atom. The SMILES string of the molecule is C=CCCCC(=O)O[C@@H](CNC(=O)[C@@H](CC=C)CC(=O)N[C@@H](C)CO)c1ccccc1. The molecule has 0 aliphatic heterocycles. The highest BCUT2D eigenvalue weighted by molar-refractivity contribution is 5.86. The molecule has 7 nitrogen and oxygen atoms in total. The van der Waals surface area contributed by atoms with E-state index >= 15 is 0 Å². The van der Waals surface area contributed by atoms with Gasteiger partial charge in [-0.1, -0.05) is 42.5 Å². The molecule has 7 heteroatoms. The lowest BCUT2D eigenvalue weighted by molar-refractivity contribution is -0.150. The van der Waals surface area contributed by atoms with E-state index in [9.17, 15) is 14.4 Å². The van der Waals surface area contributed by atoms with Gasteiger partial charge in [-0.15, -0.1) is 13.2 Å². The van der Waals surface area contributed by atoms with Gasteiger partial charge in [0.25, 0.3) is 0 Å². The van der Waals surface area contributed by atoms with Crippen LogP contribution in [-0.4, -0.2) is 42.1 Å². The maximum Gasteiger partial charge on any atom is 0.306 e. The molecule has 0 spiro atoms. The monoisotopic (exact) mass is 430 g/mol. The van der Waals surface area contributed by atoms with Crippen LogP contribution in [-0.2, 0) is 19.1 Å².